The monoisotopic (exact) mass is 479 g/mol. The van der Waals surface area contributed by atoms with Crippen LogP contribution in [-0.2, 0) is 14.3 Å². The van der Waals surface area contributed by atoms with E-state index in [1.165, 1.54) is 18.6 Å². The van der Waals surface area contributed by atoms with Gasteiger partial charge >= 0.3 is 0 Å². The van der Waals surface area contributed by atoms with Crippen molar-refractivity contribution in [1.29, 1.82) is 0 Å². The van der Waals surface area contributed by atoms with E-state index in [-0.39, 0.29) is 29.9 Å². The summed E-state index contributed by atoms with van der Waals surface area (Å²) >= 11 is 3.22. The van der Waals surface area contributed by atoms with Crippen LogP contribution in [0.4, 0.5) is 15.9 Å². The minimum Gasteiger partial charge on any atom is -0.348 e. The zero-order chi connectivity index (χ0) is 21.3. The standard InChI is InChI=1S/C19H19BrFN5O4/c1-19(2)28-8-13(30-19)9-29-25-18(27)16-17(26-10-22-6-12(26)7-23-16)24-15-4-3-11(20)5-14(15)21/h3-7,10,13,24H,8-9H2,1-2H3,(H,25,27). The van der Waals surface area contributed by atoms with Crippen LogP contribution in [0.3, 0.4) is 0 Å². The van der Waals surface area contributed by atoms with Gasteiger partial charge in [-0.2, -0.15) is 0 Å². The van der Waals surface area contributed by atoms with Crippen LogP contribution < -0.4 is 10.8 Å². The van der Waals surface area contributed by atoms with Crippen LogP contribution in [0.2, 0.25) is 0 Å². The Hall–Kier alpha value is -2.60. The number of ether oxygens (including phenoxy) is 2. The molecule has 0 saturated carbocycles. The first-order chi connectivity index (χ1) is 14.3. The molecule has 158 valence electrons. The maximum Gasteiger partial charge on any atom is 0.297 e. The molecule has 3 aromatic rings. The third-order valence-electron chi connectivity index (χ3n) is 4.36. The molecule has 1 aliphatic heterocycles. The Balaban J connectivity index is 1.53. The number of aromatic nitrogens is 3. The SMILES string of the molecule is CC1(C)OCC(CONC(=O)c2ncc3cncn3c2Nc2ccc(Br)cc2F)O1. The molecule has 1 saturated heterocycles. The third kappa shape index (κ3) is 4.43. The van der Waals surface area contributed by atoms with Crippen molar-refractivity contribution >= 4 is 38.9 Å². The average molecular weight is 480 g/mol. The molecular formula is C19H19BrFN5O4. The zero-order valence-electron chi connectivity index (χ0n) is 16.2. The molecule has 1 fully saturated rings. The van der Waals surface area contributed by atoms with Gasteiger partial charge in [-0.3, -0.25) is 14.0 Å². The second kappa shape index (κ2) is 8.26. The number of fused-ring (bicyclic) bond motifs is 1. The first-order valence-corrected chi connectivity index (χ1v) is 9.89. The molecule has 11 heteroatoms. The Morgan fingerprint density at radius 1 is 1.43 bits per heavy atom. The van der Waals surface area contributed by atoms with E-state index in [2.05, 4.69) is 36.7 Å². The number of carbonyl (C=O) groups excluding carboxylic acids is 1. The number of carbonyl (C=O) groups is 1. The molecule has 0 aliphatic carbocycles. The summed E-state index contributed by atoms with van der Waals surface area (Å²) in [5, 5.41) is 2.92. The molecule has 30 heavy (non-hydrogen) atoms. The van der Waals surface area contributed by atoms with E-state index in [4.69, 9.17) is 14.3 Å². The molecule has 2 N–H and O–H groups in total. The summed E-state index contributed by atoms with van der Waals surface area (Å²) in [6.45, 7) is 4.06. The zero-order valence-corrected chi connectivity index (χ0v) is 17.8. The molecule has 3 heterocycles. The van der Waals surface area contributed by atoms with Gasteiger partial charge in [0.2, 0.25) is 0 Å². The highest BCUT2D eigenvalue weighted by molar-refractivity contribution is 9.10. The fourth-order valence-corrected chi connectivity index (χ4v) is 3.32. The average Bonchev–Trinajstić information content (AvgIpc) is 3.30. The van der Waals surface area contributed by atoms with Crippen molar-refractivity contribution in [3.05, 3.63) is 52.9 Å². The van der Waals surface area contributed by atoms with E-state index in [0.29, 0.717) is 16.6 Å². The highest BCUT2D eigenvalue weighted by Crippen LogP contribution is 2.26. The fraction of sp³-hybridized carbons (Fsp3) is 0.316. The Morgan fingerprint density at radius 3 is 3.00 bits per heavy atom. The Kier molecular flexibility index (Phi) is 5.69. The van der Waals surface area contributed by atoms with E-state index >= 15 is 0 Å². The van der Waals surface area contributed by atoms with Gasteiger partial charge in [-0.05, 0) is 32.0 Å². The number of halogens is 2. The van der Waals surface area contributed by atoms with Gasteiger partial charge in [-0.25, -0.2) is 19.8 Å². The van der Waals surface area contributed by atoms with Crippen molar-refractivity contribution in [1.82, 2.24) is 19.8 Å². The highest BCUT2D eigenvalue weighted by atomic mass is 79.9. The minimum atomic E-state index is -0.683. The minimum absolute atomic E-state index is 0.00624. The van der Waals surface area contributed by atoms with E-state index < -0.39 is 17.5 Å². The largest absolute Gasteiger partial charge is 0.348 e. The van der Waals surface area contributed by atoms with Crippen LogP contribution >= 0.6 is 15.9 Å². The summed E-state index contributed by atoms with van der Waals surface area (Å²) in [4.78, 5) is 26.3. The van der Waals surface area contributed by atoms with Gasteiger partial charge in [0.25, 0.3) is 5.91 Å². The molecular weight excluding hydrogens is 461 g/mol. The quantitative estimate of drug-likeness (QED) is 0.523. The second-order valence-electron chi connectivity index (χ2n) is 7.09. The van der Waals surface area contributed by atoms with E-state index in [1.54, 1.807) is 36.6 Å². The molecule has 1 atom stereocenters. The first-order valence-electron chi connectivity index (χ1n) is 9.09. The van der Waals surface area contributed by atoms with Crippen LogP contribution in [0.5, 0.6) is 0 Å². The van der Waals surface area contributed by atoms with Crippen LogP contribution in [0, 0.1) is 5.82 Å². The summed E-state index contributed by atoms with van der Waals surface area (Å²) in [5.74, 6) is -1.54. The van der Waals surface area contributed by atoms with Gasteiger partial charge in [-0.15, -0.1) is 0 Å². The molecule has 4 rings (SSSR count). The molecule has 1 aliphatic rings. The molecule has 9 nitrogen and oxygen atoms in total. The van der Waals surface area contributed by atoms with Gasteiger partial charge in [0, 0.05) is 4.47 Å². The van der Waals surface area contributed by atoms with E-state index in [1.807, 2.05) is 0 Å². The number of hydrogen-bond acceptors (Lipinski definition) is 7. The highest BCUT2D eigenvalue weighted by Gasteiger charge is 2.33. The third-order valence-corrected chi connectivity index (χ3v) is 4.85. The lowest BCUT2D eigenvalue weighted by Gasteiger charge is -2.17. The number of amides is 1. The van der Waals surface area contributed by atoms with Crippen LogP contribution in [-0.4, -0.2) is 45.4 Å². The summed E-state index contributed by atoms with van der Waals surface area (Å²) in [5.41, 5.74) is 3.16. The number of imidazole rings is 1. The number of hydrogen-bond donors (Lipinski definition) is 2. The molecule has 2 aromatic heterocycles. The van der Waals surface area contributed by atoms with Gasteiger partial charge in [0.05, 0.1) is 30.2 Å². The fourth-order valence-electron chi connectivity index (χ4n) is 2.99. The summed E-state index contributed by atoms with van der Waals surface area (Å²) in [6, 6.07) is 4.55. The molecule has 0 bridgehead atoms. The van der Waals surface area contributed by atoms with Gasteiger partial charge in [0.1, 0.15) is 30.7 Å². The maximum absolute atomic E-state index is 14.3. The van der Waals surface area contributed by atoms with E-state index in [0.717, 1.165) is 0 Å². The number of nitrogens with zero attached hydrogens (tertiary/aromatic N) is 3. The molecule has 0 radical (unpaired) electrons. The van der Waals surface area contributed by atoms with Crippen LogP contribution in [0.1, 0.15) is 24.3 Å². The number of anilines is 2. The van der Waals surface area contributed by atoms with Crippen molar-refractivity contribution < 1.29 is 23.5 Å². The Labute approximate surface area is 179 Å². The lowest BCUT2D eigenvalue weighted by molar-refractivity contribution is -0.147. The normalized spacial score (nSPS) is 17.9. The smallest absolute Gasteiger partial charge is 0.297 e. The molecule has 1 aromatic carbocycles. The van der Waals surface area contributed by atoms with Crippen LogP contribution in [0.25, 0.3) is 5.52 Å². The lowest BCUT2D eigenvalue weighted by atomic mass is 10.3. The summed E-state index contributed by atoms with van der Waals surface area (Å²) in [6.07, 6.45) is 4.26. The lowest BCUT2D eigenvalue weighted by Crippen LogP contribution is -2.31. The van der Waals surface area contributed by atoms with E-state index in [9.17, 15) is 9.18 Å². The van der Waals surface area contributed by atoms with Crippen LogP contribution in [0.15, 0.2) is 41.4 Å². The van der Waals surface area contributed by atoms with Crippen molar-refractivity contribution in [2.75, 3.05) is 18.5 Å². The first kappa shape index (κ1) is 20.7. The number of benzene rings is 1. The predicted molar refractivity (Wildman–Crippen MR) is 109 cm³/mol. The topological polar surface area (TPSA) is 99.0 Å². The molecule has 0 spiro atoms. The number of rotatable bonds is 6. The summed E-state index contributed by atoms with van der Waals surface area (Å²) in [7, 11) is 0. The Bertz CT molecular complexity index is 1090. The van der Waals surface area contributed by atoms with Crippen molar-refractivity contribution in [2.24, 2.45) is 0 Å². The maximum atomic E-state index is 14.3. The van der Waals surface area contributed by atoms with Gasteiger partial charge in [-0.1, -0.05) is 15.9 Å². The van der Waals surface area contributed by atoms with Gasteiger partial charge < -0.3 is 14.8 Å². The van der Waals surface area contributed by atoms with Crippen molar-refractivity contribution in [2.45, 2.75) is 25.7 Å². The van der Waals surface area contributed by atoms with Crippen molar-refractivity contribution in [3.63, 3.8) is 0 Å². The second-order valence-corrected chi connectivity index (χ2v) is 8.00. The van der Waals surface area contributed by atoms with Gasteiger partial charge in [0.15, 0.2) is 11.5 Å². The number of nitrogens with one attached hydrogen (secondary N) is 2. The molecule has 1 amide bonds. The number of hydroxylamine groups is 1. The van der Waals surface area contributed by atoms with Crippen molar-refractivity contribution in [3.8, 4) is 0 Å². The molecule has 1 unspecified atom stereocenters. The summed E-state index contributed by atoms with van der Waals surface area (Å²) < 4.78 is 27.6. The predicted octanol–water partition coefficient (Wildman–Crippen LogP) is 3.19. The Morgan fingerprint density at radius 2 is 2.27 bits per heavy atom.